The molecule has 244 valence electrons. The average Bonchev–Trinajstić information content (AvgIpc) is 3.30. The second kappa shape index (κ2) is 24.9. The topological polar surface area (TPSA) is 160 Å². The molecule has 0 radical (unpaired) electrons. The van der Waals surface area contributed by atoms with Gasteiger partial charge in [-0.1, -0.05) is 55.4 Å². The predicted molar refractivity (Wildman–Crippen MR) is 163 cm³/mol. The normalized spacial score (nSPS) is 13.8. The van der Waals surface area contributed by atoms with Crippen molar-refractivity contribution in [3.8, 4) is 0 Å². The summed E-state index contributed by atoms with van der Waals surface area (Å²) in [5, 5.41) is 7.96. The first-order valence-electron chi connectivity index (χ1n) is 14.9. The molecular formula is C29H60N4O8. The Balaban J connectivity index is -0.000000693. The summed E-state index contributed by atoms with van der Waals surface area (Å²) in [6.45, 7) is 16.6. The Morgan fingerprint density at radius 2 is 1.39 bits per heavy atom. The molecule has 12 heteroatoms. The highest BCUT2D eigenvalue weighted by atomic mass is 16.5. The highest BCUT2D eigenvalue weighted by molar-refractivity contribution is 6.02. The molecule has 1 aliphatic heterocycles. The van der Waals surface area contributed by atoms with Crippen LogP contribution in [0.4, 0.5) is 0 Å². The van der Waals surface area contributed by atoms with Crippen molar-refractivity contribution in [2.75, 3.05) is 46.1 Å². The number of Topliss-reactive ketones (excluding diaryl/α,β-unsaturated/α-hetero) is 1. The van der Waals surface area contributed by atoms with Gasteiger partial charge in [-0.2, -0.15) is 0 Å². The number of amides is 5. The lowest BCUT2D eigenvalue weighted by atomic mass is 10.0. The van der Waals surface area contributed by atoms with Crippen LogP contribution in [0.2, 0.25) is 0 Å². The molecule has 1 rings (SSSR count). The van der Waals surface area contributed by atoms with Crippen LogP contribution < -0.4 is 16.0 Å². The molecule has 1 fully saturated rings. The van der Waals surface area contributed by atoms with Crippen LogP contribution in [-0.2, 0) is 38.2 Å². The number of carbonyl (C=O) groups is 6. The van der Waals surface area contributed by atoms with Crippen molar-refractivity contribution in [1.29, 1.82) is 0 Å². The van der Waals surface area contributed by atoms with Crippen LogP contribution in [-0.4, -0.2) is 92.3 Å². The van der Waals surface area contributed by atoms with Crippen molar-refractivity contribution >= 4 is 35.3 Å². The first-order valence-corrected chi connectivity index (χ1v) is 14.9. The molecule has 0 aromatic carbocycles. The van der Waals surface area contributed by atoms with Crippen LogP contribution in [0.3, 0.4) is 0 Å². The van der Waals surface area contributed by atoms with E-state index < -0.39 is 6.04 Å². The van der Waals surface area contributed by atoms with Gasteiger partial charge in [-0.05, 0) is 12.3 Å². The lowest BCUT2D eigenvalue weighted by Crippen LogP contribution is -2.51. The minimum Gasteiger partial charge on any atom is -0.379 e. The fourth-order valence-corrected chi connectivity index (χ4v) is 3.39. The van der Waals surface area contributed by atoms with Crippen LogP contribution in [0, 0.1) is 11.8 Å². The summed E-state index contributed by atoms with van der Waals surface area (Å²) in [6, 6.07) is -0.743. The van der Waals surface area contributed by atoms with E-state index in [0.717, 1.165) is 4.90 Å². The van der Waals surface area contributed by atoms with Crippen molar-refractivity contribution < 1.29 is 42.5 Å². The van der Waals surface area contributed by atoms with E-state index in [1.807, 2.05) is 55.4 Å². The largest absolute Gasteiger partial charge is 0.379 e. The Hall–Kier alpha value is -2.86. The number of likely N-dealkylation sites (tertiary alicyclic amines) is 1. The maximum atomic E-state index is 12.4. The third kappa shape index (κ3) is 18.2. The van der Waals surface area contributed by atoms with Crippen molar-refractivity contribution in [3.63, 3.8) is 0 Å². The number of nitrogens with one attached hydrogen (secondary N) is 3. The third-order valence-corrected chi connectivity index (χ3v) is 6.00. The number of hydrogen-bond acceptors (Lipinski definition) is 8. The van der Waals surface area contributed by atoms with Gasteiger partial charge in [0.1, 0.15) is 6.04 Å². The molecule has 1 aliphatic rings. The van der Waals surface area contributed by atoms with Crippen molar-refractivity contribution in [1.82, 2.24) is 20.9 Å². The van der Waals surface area contributed by atoms with Gasteiger partial charge in [0.2, 0.25) is 29.5 Å². The first-order chi connectivity index (χ1) is 19.6. The third-order valence-electron chi connectivity index (χ3n) is 6.00. The van der Waals surface area contributed by atoms with Gasteiger partial charge in [0.05, 0.1) is 33.0 Å². The quantitative estimate of drug-likeness (QED) is 0.152. The molecule has 0 saturated carbocycles. The van der Waals surface area contributed by atoms with E-state index >= 15 is 0 Å². The van der Waals surface area contributed by atoms with Gasteiger partial charge in [-0.3, -0.25) is 33.7 Å². The smallest absolute Gasteiger partial charge is 0.243 e. The van der Waals surface area contributed by atoms with Crippen LogP contribution in [0.15, 0.2) is 0 Å². The lowest BCUT2D eigenvalue weighted by Gasteiger charge is -2.22. The summed E-state index contributed by atoms with van der Waals surface area (Å²) >= 11 is 0. The number of nitrogens with zero attached hydrogens (tertiary/aromatic N) is 1. The highest BCUT2D eigenvalue weighted by Crippen LogP contribution is 2.11. The van der Waals surface area contributed by atoms with E-state index in [1.165, 1.54) is 0 Å². The molecule has 1 heterocycles. The van der Waals surface area contributed by atoms with Crippen LogP contribution >= 0.6 is 0 Å². The Kier molecular flexibility index (Phi) is 24.5. The maximum absolute atomic E-state index is 12.4. The number of imide groups is 1. The number of carbonyl (C=O) groups excluding carboxylic acids is 6. The Morgan fingerprint density at radius 3 is 1.93 bits per heavy atom. The summed E-state index contributed by atoms with van der Waals surface area (Å²) in [5.74, 6) is -1.80. The SMILES string of the molecule is CC.CC.CCC(C)C(=O)CNC(=O)[C@@H](NC(=O)CCOCCOCCNC(=O)CCN1C(=O)CCC1=O)C(C)C.[HH].[HH].[HH]. The monoisotopic (exact) mass is 592 g/mol. The molecule has 0 aliphatic carbocycles. The zero-order chi connectivity index (χ0) is 31.8. The molecule has 5 amide bonds. The molecule has 41 heavy (non-hydrogen) atoms. The summed E-state index contributed by atoms with van der Waals surface area (Å²) in [4.78, 5) is 72.5. The van der Waals surface area contributed by atoms with Crippen molar-refractivity contribution in [3.05, 3.63) is 0 Å². The number of hydrogen-bond donors (Lipinski definition) is 3. The number of ether oxygens (including phenoxy) is 2. The summed E-state index contributed by atoms with van der Waals surface area (Å²) < 4.78 is 10.7. The summed E-state index contributed by atoms with van der Waals surface area (Å²) in [6.07, 6.45) is 1.24. The number of ketones is 1. The van der Waals surface area contributed by atoms with E-state index in [1.54, 1.807) is 0 Å². The minimum atomic E-state index is -0.743. The van der Waals surface area contributed by atoms with Crippen LogP contribution in [0.5, 0.6) is 0 Å². The second-order valence-electron chi connectivity index (χ2n) is 9.30. The molecule has 2 atom stereocenters. The van der Waals surface area contributed by atoms with Gasteiger partial charge >= 0.3 is 0 Å². The van der Waals surface area contributed by atoms with Gasteiger partial charge < -0.3 is 25.4 Å². The van der Waals surface area contributed by atoms with Crippen molar-refractivity contribution in [2.45, 2.75) is 93.5 Å². The fourth-order valence-electron chi connectivity index (χ4n) is 3.39. The van der Waals surface area contributed by atoms with E-state index in [-0.39, 0.29) is 123 Å². The molecule has 1 unspecified atom stereocenters. The molecule has 1 saturated heterocycles. The van der Waals surface area contributed by atoms with Gasteiger partial charge in [0.25, 0.3) is 0 Å². The molecule has 0 spiro atoms. The predicted octanol–water partition coefficient (Wildman–Crippen LogP) is 2.73. The number of rotatable bonds is 19. The minimum absolute atomic E-state index is 0. The van der Waals surface area contributed by atoms with E-state index in [0.29, 0.717) is 6.42 Å². The lowest BCUT2D eigenvalue weighted by molar-refractivity contribution is -0.138. The summed E-state index contributed by atoms with van der Waals surface area (Å²) in [7, 11) is 0. The van der Waals surface area contributed by atoms with Crippen molar-refractivity contribution in [2.24, 2.45) is 11.8 Å². The molecular weight excluding hydrogens is 532 g/mol. The van der Waals surface area contributed by atoms with Crippen LogP contribution in [0.25, 0.3) is 0 Å². The molecule has 12 nitrogen and oxygen atoms in total. The standard InChI is InChI=1S/C25H42N4O8.2C2H6.3H2/c1-5-18(4)19(30)16-27-25(35)24(17(2)3)28-21(32)9-12-36-14-15-37-13-10-26-20(31)8-11-29-22(33)6-7-23(29)34;2*1-2;;;/h17-18,24H,5-16H2,1-4H3,(H,26,31)(H,27,35)(H,28,32);2*1-2H3;3*1H/t18?,24-;;;;;/m0...../s1. The maximum Gasteiger partial charge on any atom is 0.243 e. The van der Waals surface area contributed by atoms with E-state index in [4.69, 9.17) is 9.47 Å². The van der Waals surface area contributed by atoms with E-state index in [9.17, 15) is 28.8 Å². The molecule has 0 aromatic heterocycles. The molecule has 0 bridgehead atoms. The van der Waals surface area contributed by atoms with Gasteiger partial charge in [-0.15, -0.1) is 0 Å². The molecule has 3 N–H and O–H groups in total. The highest BCUT2D eigenvalue weighted by Gasteiger charge is 2.28. The van der Waals surface area contributed by atoms with Gasteiger partial charge in [0, 0.05) is 49.0 Å². The average molecular weight is 593 g/mol. The first kappa shape index (κ1) is 40.3. The Bertz CT molecular complexity index is 803. The van der Waals surface area contributed by atoms with Crippen LogP contribution in [0.1, 0.15) is 91.8 Å². The zero-order valence-corrected chi connectivity index (χ0v) is 26.4. The van der Waals surface area contributed by atoms with Gasteiger partial charge in [0.15, 0.2) is 5.78 Å². The Labute approximate surface area is 250 Å². The Morgan fingerprint density at radius 1 is 0.829 bits per heavy atom. The fraction of sp³-hybridized carbons (Fsp3) is 0.793. The van der Waals surface area contributed by atoms with E-state index in [2.05, 4.69) is 16.0 Å². The zero-order valence-electron chi connectivity index (χ0n) is 26.4. The molecule has 0 aromatic rings. The summed E-state index contributed by atoms with van der Waals surface area (Å²) in [5.41, 5.74) is 0. The van der Waals surface area contributed by atoms with Gasteiger partial charge in [-0.25, -0.2) is 0 Å². The second-order valence-corrected chi connectivity index (χ2v) is 9.30.